The van der Waals surface area contributed by atoms with Gasteiger partial charge in [0.25, 0.3) is 0 Å². The average molecular weight is 173 g/mol. The molecule has 1 heterocycles. The molecule has 12 heavy (non-hydrogen) atoms. The van der Waals surface area contributed by atoms with Crippen LogP contribution in [-0.2, 0) is 9.47 Å². The van der Waals surface area contributed by atoms with Crippen molar-refractivity contribution in [3.05, 3.63) is 0 Å². The number of hydrogen-bond acceptors (Lipinski definition) is 3. The third kappa shape index (κ3) is 2.44. The monoisotopic (exact) mass is 173 g/mol. The van der Waals surface area contributed by atoms with E-state index in [0.717, 1.165) is 26.2 Å². The van der Waals surface area contributed by atoms with E-state index in [1.807, 2.05) is 0 Å². The predicted molar refractivity (Wildman–Crippen MR) is 48.3 cm³/mol. The molecular weight excluding hydrogens is 154 g/mol. The molecule has 0 aromatic carbocycles. The Kier molecular flexibility index (Phi) is 3.50. The van der Waals surface area contributed by atoms with E-state index in [0.29, 0.717) is 6.61 Å². The Morgan fingerprint density at radius 1 is 1.58 bits per heavy atom. The molecule has 0 spiro atoms. The first-order chi connectivity index (χ1) is 5.70. The van der Waals surface area contributed by atoms with Gasteiger partial charge in [-0.3, -0.25) is 4.90 Å². The average Bonchev–Trinajstić information content (AvgIpc) is 2.28. The second-order valence-electron chi connectivity index (χ2n) is 3.58. The molecule has 0 saturated carbocycles. The summed E-state index contributed by atoms with van der Waals surface area (Å²) in [5.41, 5.74) is -0.119. The fourth-order valence-electron chi connectivity index (χ4n) is 1.47. The van der Waals surface area contributed by atoms with Crippen molar-refractivity contribution in [1.29, 1.82) is 0 Å². The molecule has 72 valence electrons. The van der Waals surface area contributed by atoms with Crippen molar-refractivity contribution in [1.82, 2.24) is 4.90 Å². The highest BCUT2D eigenvalue weighted by atomic mass is 16.5. The molecule has 0 bridgehead atoms. The molecule has 0 aromatic heterocycles. The van der Waals surface area contributed by atoms with Crippen LogP contribution in [0.1, 0.15) is 13.8 Å². The quantitative estimate of drug-likeness (QED) is 0.615. The van der Waals surface area contributed by atoms with E-state index in [4.69, 9.17) is 9.47 Å². The molecule has 1 rings (SSSR count). The maximum atomic E-state index is 5.47. The van der Waals surface area contributed by atoms with E-state index >= 15 is 0 Å². The second-order valence-corrected chi connectivity index (χ2v) is 3.58. The fraction of sp³-hybridized carbons (Fsp3) is 1.00. The van der Waals surface area contributed by atoms with Gasteiger partial charge in [0.1, 0.15) is 5.60 Å². The van der Waals surface area contributed by atoms with Crippen LogP contribution in [0, 0.1) is 0 Å². The molecule has 1 unspecified atom stereocenters. The molecule has 1 fully saturated rings. The van der Waals surface area contributed by atoms with Gasteiger partial charge in [0, 0.05) is 20.2 Å². The van der Waals surface area contributed by atoms with Crippen LogP contribution < -0.4 is 0 Å². The molecule has 0 radical (unpaired) electrons. The molecule has 1 saturated heterocycles. The third-order valence-electron chi connectivity index (χ3n) is 2.46. The maximum Gasteiger partial charge on any atom is 0.101 e. The van der Waals surface area contributed by atoms with Gasteiger partial charge < -0.3 is 9.47 Å². The first-order valence-corrected chi connectivity index (χ1v) is 4.55. The summed E-state index contributed by atoms with van der Waals surface area (Å²) in [6.45, 7) is 8.87. The minimum Gasteiger partial charge on any atom is -0.377 e. The number of ether oxygens (including phenoxy) is 2. The van der Waals surface area contributed by atoms with Crippen LogP contribution >= 0.6 is 0 Å². The van der Waals surface area contributed by atoms with Gasteiger partial charge in [0.15, 0.2) is 0 Å². The van der Waals surface area contributed by atoms with Crippen LogP contribution in [0.25, 0.3) is 0 Å². The number of likely N-dealkylation sites (N-methyl/N-ethyl adjacent to an activating group) is 1. The molecule has 1 aliphatic heterocycles. The highest BCUT2D eigenvalue weighted by molar-refractivity contribution is 4.81. The number of rotatable bonds is 2. The SMILES string of the molecule is CCN1CCOCC(C)(OC)C1. The van der Waals surface area contributed by atoms with Crippen LogP contribution in [0.5, 0.6) is 0 Å². The van der Waals surface area contributed by atoms with E-state index in [2.05, 4.69) is 18.7 Å². The lowest BCUT2D eigenvalue weighted by Crippen LogP contribution is -2.43. The van der Waals surface area contributed by atoms with Crippen LogP contribution in [0.4, 0.5) is 0 Å². The Bertz CT molecular complexity index is 140. The van der Waals surface area contributed by atoms with Crippen LogP contribution in [0.2, 0.25) is 0 Å². The van der Waals surface area contributed by atoms with Gasteiger partial charge in [-0.25, -0.2) is 0 Å². The van der Waals surface area contributed by atoms with Crippen molar-refractivity contribution in [2.75, 3.05) is 40.0 Å². The Labute approximate surface area is 74.6 Å². The van der Waals surface area contributed by atoms with Gasteiger partial charge in [-0.15, -0.1) is 0 Å². The highest BCUT2D eigenvalue weighted by Gasteiger charge is 2.28. The van der Waals surface area contributed by atoms with Gasteiger partial charge in [-0.1, -0.05) is 6.92 Å². The predicted octanol–water partition coefficient (Wildman–Crippen LogP) is 0.744. The molecule has 1 atom stereocenters. The summed E-state index contributed by atoms with van der Waals surface area (Å²) in [4.78, 5) is 2.36. The van der Waals surface area contributed by atoms with Crippen molar-refractivity contribution < 1.29 is 9.47 Å². The van der Waals surface area contributed by atoms with Gasteiger partial charge in [0.2, 0.25) is 0 Å². The van der Waals surface area contributed by atoms with Crippen LogP contribution in [0.3, 0.4) is 0 Å². The molecule has 0 aromatic rings. The number of methoxy groups -OCH3 is 1. The van der Waals surface area contributed by atoms with Crippen molar-refractivity contribution in [3.8, 4) is 0 Å². The molecule has 0 N–H and O–H groups in total. The van der Waals surface area contributed by atoms with E-state index < -0.39 is 0 Å². The lowest BCUT2D eigenvalue weighted by atomic mass is 10.1. The number of nitrogens with zero attached hydrogens (tertiary/aromatic N) is 1. The van der Waals surface area contributed by atoms with Gasteiger partial charge >= 0.3 is 0 Å². The third-order valence-corrected chi connectivity index (χ3v) is 2.46. The van der Waals surface area contributed by atoms with Crippen LogP contribution in [0.15, 0.2) is 0 Å². The lowest BCUT2D eigenvalue weighted by Gasteiger charge is -2.29. The van der Waals surface area contributed by atoms with E-state index in [1.54, 1.807) is 7.11 Å². The van der Waals surface area contributed by atoms with Gasteiger partial charge in [0.05, 0.1) is 13.2 Å². The Balaban J connectivity index is 2.52. The normalized spacial score (nSPS) is 33.2. The van der Waals surface area contributed by atoms with Crippen LogP contribution in [-0.4, -0.2) is 50.5 Å². The topological polar surface area (TPSA) is 21.7 Å². The fourth-order valence-corrected chi connectivity index (χ4v) is 1.47. The first kappa shape index (κ1) is 9.96. The minimum atomic E-state index is -0.119. The summed E-state index contributed by atoms with van der Waals surface area (Å²) < 4.78 is 10.9. The zero-order valence-electron chi connectivity index (χ0n) is 8.30. The Morgan fingerprint density at radius 2 is 2.33 bits per heavy atom. The zero-order chi connectivity index (χ0) is 9.03. The van der Waals surface area contributed by atoms with E-state index in [9.17, 15) is 0 Å². The largest absolute Gasteiger partial charge is 0.377 e. The van der Waals surface area contributed by atoms with E-state index in [1.165, 1.54) is 0 Å². The summed E-state index contributed by atoms with van der Waals surface area (Å²) in [6, 6.07) is 0. The zero-order valence-corrected chi connectivity index (χ0v) is 8.30. The van der Waals surface area contributed by atoms with Crippen molar-refractivity contribution >= 4 is 0 Å². The van der Waals surface area contributed by atoms with Gasteiger partial charge in [-0.05, 0) is 13.5 Å². The smallest absolute Gasteiger partial charge is 0.101 e. The standard InChI is InChI=1S/C9H19NO2/c1-4-10-5-6-12-8-9(2,7-10)11-3/h4-8H2,1-3H3. The summed E-state index contributed by atoms with van der Waals surface area (Å²) in [7, 11) is 1.75. The molecule has 0 amide bonds. The molecule has 3 nitrogen and oxygen atoms in total. The summed E-state index contributed by atoms with van der Waals surface area (Å²) in [5.74, 6) is 0. The summed E-state index contributed by atoms with van der Waals surface area (Å²) >= 11 is 0. The Morgan fingerprint density at radius 3 is 2.92 bits per heavy atom. The van der Waals surface area contributed by atoms with E-state index in [-0.39, 0.29) is 5.60 Å². The second kappa shape index (κ2) is 4.21. The summed E-state index contributed by atoms with van der Waals surface area (Å²) in [5, 5.41) is 0. The first-order valence-electron chi connectivity index (χ1n) is 4.55. The van der Waals surface area contributed by atoms with Gasteiger partial charge in [-0.2, -0.15) is 0 Å². The Hall–Kier alpha value is -0.120. The lowest BCUT2D eigenvalue weighted by molar-refractivity contribution is -0.0546. The molecule has 0 aliphatic carbocycles. The summed E-state index contributed by atoms with van der Waals surface area (Å²) in [6.07, 6.45) is 0. The molecular formula is C9H19NO2. The van der Waals surface area contributed by atoms with Crippen molar-refractivity contribution in [2.45, 2.75) is 19.4 Å². The number of hydrogen-bond donors (Lipinski definition) is 0. The van der Waals surface area contributed by atoms with Crippen molar-refractivity contribution in [2.24, 2.45) is 0 Å². The molecule has 3 heteroatoms. The van der Waals surface area contributed by atoms with Crippen molar-refractivity contribution in [3.63, 3.8) is 0 Å². The minimum absolute atomic E-state index is 0.119. The molecule has 1 aliphatic rings. The maximum absolute atomic E-state index is 5.47. The highest BCUT2D eigenvalue weighted by Crippen LogP contribution is 2.14.